The molecule has 0 amide bonds. The first-order valence-electron chi connectivity index (χ1n) is 17.0. The summed E-state index contributed by atoms with van der Waals surface area (Å²) >= 11 is 0. The van der Waals surface area contributed by atoms with Crippen molar-refractivity contribution in [3.05, 3.63) is 170 Å². The molecule has 4 nitrogen and oxygen atoms in total. The van der Waals surface area contributed by atoms with Crippen molar-refractivity contribution < 1.29 is 0 Å². The highest BCUT2D eigenvalue weighted by molar-refractivity contribution is 6.39. The van der Waals surface area contributed by atoms with Crippen molar-refractivity contribution >= 4 is 76.1 Å². The zero-order valence-electron chi connectivity index (χ0n) is 27.0. The van der Waals surface area contributed by atoms with Crippen molar-refractivity contribution in [2.45, 2.75) is 0 Å². The van der Waals surface area contributed by atoms with Crippen molar-refractivity contribution in [3.8, 4) is 22.9 Å². The van der Waals surface area contributed by atoms with Crippen molar-refractivity contribution in [2.24, 2.45) is 0 Å². The molecule has 3 aromatic heterocycles. The van der Waals surface area contributed by atoms with E-state index in [0.29, 0.717) is 5.95 Å². The molecule has 8 aromatic carbocycles. The topological polar surface area (TPSA) is 35.6 Å². The fourth-order valence-corrected chi connectivity index (χ4v) is 8.23. The molecule has 0 aliphatic carbocycles. The van der Waals surface area contributed by atoms with Gasteiger partial charge in [-0.25, -0.2) is 9.97 Å². The molecule has 0 saturated heterocycles. The average Bonchev–Trinajstić information content (AvgIpc) is 3.72. The Morgan fingerprint density at radius 2 is 1.00 bits per heavy atom. The van der Waals surface area contributed by atoms with E-state index in [-0.39, 0.29) is 0 Å². The second kappa shape index (κ2) is 10.4. The second-order valence-electron chi connectivity index (χ2n) is 13.0. The number of hydrogen-bond acceptors (Lipinski definition) is 2. The van der Waals surface area contributed by atoms with Crippen LogP contribution in [0.25, 0.3) is 99.0 Å². The van der Waals surface area contributed by atoms with Gasteiger partial charge < -0.3 is 4.57 Å². The summed E-state index contributed by atoms with van der Waals surface area (Å²) in [6.45, 7) is 0. The van der Waals surface area contributed by atoms with Crippen molar-refractivity contribution in [1.82, 2.24) is 19.1 Å². The van der Waals surface area contributed by atoms with Gasteiger partial charge in [-0.3, -0.25) is 4.57 Å². The van der Waals surface area contributed by atoms with E-state index in [1.807, 2.05) is 6.07 Å². The van der Waals surface area contributed by atoms with Gasteiger partial charge in [0.05, 0.1) is 33.3 Å². The predicted octanol–water partition coefficient (Wildman–Crippen LogP) is 11.8. The normalized spacial score (nSPS) is 12.0. The van der Waals surface area contributed by atoms with Gasteiger partial charge in [-0.2, -0.15) is 0 Å². The van der Waals surface area contributed by atoms with Crippen LogP contribution in [-0.2, 0) is 0 Å². The third kappa shape index (κ3) is 3.70. The van der Waals surface area contributed by atoms with Gasteiger partial charge in [0.1, 0.15) is 0 Å². The van der Waals surface area contributed by atoms with Crippen LogP contribution in [-0.4, -0.2) is 19.1 Å². The van der Waals surface area contributed by atoms with Crippen LogP contribution in [0, 0.1) is 0 Å². The molecule has 0 radical (unpaired) electrons. The van der Waals surface area contributed by atoms with E-state index >= 15 is 0 Å². The van der Waals surface area contributed by atoms with Gasteiger partial charge >= 0.3 is 0 Å². The van der Waals surface area contributed by atoms with Gasteiger partial charge in [-0.05, 0) is 46.5 Å². The largest absolute Gasteiger partial charge is 0.308 e. The lowest BCUT2D eigenvalue weighted by atomic mass is 9.97. The Balaban J connectivity index is 1.42. The third-order valence-corrected chi connectivity index (χ3v) is 10.3. The van der Waals surface area contributed by atoms with Gasteiger partial charge in [0, 0.05) is 43.6 Å². The number of fused-ring (bicyclic) bond motifs is 13. The lowest BCUT2D eigenvalue weighted by Crippen LogP contribution is -2.04. The van der Waals surface area contributed by atoms with Gasteiger partial charge in [-0.15, -0.1) is 0 Å². The van der Waals surface area contributed by atoms with E-state index in [2.05, 4.69) is 173 Å². The second-order valence-corrected chi connectivity index (χ2v) is 13.0. The molecule has 0 spiro atoms. The highest BCUT2D eigenvalue weighted by Gasteiger charge is 2.26. The summed E-state index contributed by atoms with van der Waals surface area (Å²) in [5.74, 6) is 0.658. The van der Waals surface area contributed by atoms with Crippen molar-refractivity contribution in [3.63, 3.8) is 0 Å². The molecule has 0 N–H and O–H groups in total. The molecule has 232 valence electrons. The van der Waals surface area contributed by atoms with Crippen LogP contribution in [0.2, 0.25) is 0 Å². The Hall–Kier alpha value is -6.78. The molecule has 0 fully saturated rings. The minimum absolute atomic E-state index is 0.658. The maximum Gasteiger partial charge on any atom is 0.235 e. The summed E-state index contributed by atoms with van der Waals surface area (Å²) in [7, 11) is 0. The molecule has 11 rings (SSSR count). The van der Waals surface area contributed by atoms with Gasteiger partial charge in [0.25, 0.3) is 0 Å². The zero-order chi connectivity index (χ0) is 32.8. The first-order chi connectivity index (χ1) is 24.8. The molecule has 0 aliphatic heterocycles. The molecule has 0 aliphatic rings. The Morgan fingerprint density at radius 3 is 1.82 bits per heavy atom. The first kappa shape index (κ1) is 27.2. The summed E-state index contributed by atoms with van der Waals surface area (Å²) in [4.78, 5) is 10.7. The fraction of sp³-hybridized carbons (Fsp3) is 0. The predicted molar refractivity (Wildman–Crippen MR) is 209 cm³/mol. The minimum Gasteiger partial charge on any atom is -0.308 e. The Morgan fingerprint density at radius 1 is 0.360 bits per heavy atom. The number of hydrogen-bond donors (Lipinski definition) is 0. The van der Waals surface area contributed by atoms with Crippen LogP contribution >= 0.6 is 0 Å². The lowest BCUT2D eigenvalue weighted by Gasteiger charge is -2.14. The van der Waals surface area contributed by atoms with Crippen LogP contribution in [0.1, 0.15) is 0 Å². The van der Waals surface area contributed by atoms with E-state index < -0.39 is 0 Å². The summed E-state index contributed by atoms with van der Waals surface area (Å²) < 4.78 is 4.77. The zero-order valence-corrected chi connectivity index (χ0v) is 27.0. The Bertz CT molecular complexity index is 3140. The Labute approximate surface area is 287 Å². The molecule has 0 unspecified atom stereocenters. The number of aromatic nitrogens is 4. The molecular weight excluding hydrogens is 609 g/mol. The van der Waals surface area contributed by atoms with Gasteiger partial charge in [0.2, 0.25) is 5.95 Å². The van der Waals surface area contributed by atoms with Gasteiger partial charge in [0.15, 0.2) is 0 Å². The van der Waals surface area contributed by atoms with E-state index in [9.17, 15) is 0 Å². The lowest BCUT2D eigenvalue weighted by molar-refractivity contribution is 1.02. The molecule has 3 heterocycles. The SMILES string of the molecule is c1ccc(-c2nc(-n3c4ccccc4c4c3c3ccccc3c3c5c6ccccc6ccc5n(-c5ccccc5)c34)nc3ccccc23)cc1. The highest BCUT2D eigenvalue weighted by Crippen LogP contribution is 2.48. The van der Waals surface area contributed by atoms with E-state index in [0.717, 1.165) is 38.9 Å². The monoisotopic (exact) mass is 636 g/mol. The molecule has 11 aromatic rings. The summed E-state index contributed by atoms with van der Waals surface area (Å²) in [5, 5.41) is 10.8. The molecular formula is C46H28N4. The smallest absolute Gasteiger partial charge is 0.235 e. The van der Waals surface area contributed by atoms with E-state index in [4.69, 9.17) is 9.97 Å². The quantitative estimate of drug-likeness (QED) is 0.193. The summed E-state index contributed by atoms with van der Waals surface area (Å²) in [6.07, 6.45) is 0. The highest BCUT2D eigenvalue weighted by atomic mass is 15.2. The van der Waals surface area contributed by atoms with Crippen molar-refractivity contribution in [2.75, 3.05) is 0 Å². The number of nitrogens with zero attached hydrogens (tertiary/aromatic N) is 4. The van der Waals surface area contributed by atoms with Gasteiger partial charge in [-0.1, -0.05) is 140 Å². The summed E-state index contributed by atoms with van der Waals surface area (Å²) in [5.41, 5.74) is 8.59. The average molecular weight is 637 g/mol. The molecule has 0 saturated carbocycles. The molecule has 0 atom stereocenters. The maximum atomic E-state index is 5.41. The van der Waals surface area contributed by atoms with Crippen LogP contribution in [0.15, 0.2) is 170 Å². The van der Waals surface area contributed by atoms with E-state index in [1.165, 1.54) is 54.1 Å². The molecule has 50 heavy (non-hydrogen) atoms. The Kier molecular flexibility index (Phi) is 5.63. The van der Waals surface area contributed by atoms with Crippen LogP contribution in [0.5, 0.6) is 0 Å². The molecule has 0 bridgehead atoms. The maximum absolute atomic E-state index is 5.41. The third-order valence-electron chi connectivity index (χ3n) is 10.3. The molecule has 4 heteroatoms. The summed E-state index contributed by atoms with van der Waals surface area (Å²) in [6, 6.07) is 60.5. The first-order valence-corrected chi connectivity index (χ1v) is 17.0. The minimum atomic E-state index is 0.658. The van der Waals surface area contributed by atoms with Crippen LogP contribution in [0.4, 0.5) is 0 Å². The van der Waals surface area contributed by atoms with Crippen LogP contribution in [0.3, 0.4) is 0 Å². The fourth-order valence-electron chi connectivity index (χ4n) is 8.23. The van der Waals surface area contributed by atoms with Crippen LogP contribution < -0.4 is 0 Å². The van der Waals surface area contributed by atoms with Crippen molar-refractivity contribution in [1.29, 1.82) is 0 Å². The standard InChI is InChI=1S/C46H28N4/c1-3-16-30(17-4-1)43-35-23-11-13-25-37(35)47-46(48-43)50-38-26-14-12-24-36(38)42-44(50)34-22-10-9-21-33(34)41-40-32-20-8-7-15-29(32)27-28-39(40)49(45(41)42)31-18-5-2-6-19-31/h1-28H. The number of rotatable bonds is 3. The van der Waals surface area contributed by atoms with E-state index in [1.54, 1.807) is 0 Å². The number of para-hydroxylation sites is 3. The number of benzene rings is 8.